The smallest absolute Gasteiger partial charge is 0.257 e. The number of aryl methyl sites for hydroxylation is 2. The molecule has 3 aromatic rings. The molecule has 1 atom stereocenters. The van der Waals surface area contributed by atoms with E-state index in [1.54, 1.807) is 0 Å². The van der Waals surface area contributed by atoms with E-state index in [1.165, 1.54) is 11.1 Å². The maximum atomic E-state index is 13.5. The molecule has 7 heteroatoms. The number of benzene rings is 2. The number of hydrogen-bond acceptors (Lipinski definition) is 4. The first-order valence-corrected chi connectivity index (χ1v) is 11.7. The standard InChI is InChI=1S/C25H31ClN4O2/c1-4-7-22(25(31)28-29-10-12-32-13-11-29)30-23-15-18(3)17(2)14-21(23)27-24(30)16-19-8-5-6-9-20(19)26/h5-6,8-9,14-15,22H,4,7,10-13,16H2,1-3H3,(H,28,31). The Kier molecular flexibility index (Phi) is 7.13. The van der Waals surface area contributed by atoms with Crippen molar-refractivity contribution in [3.8, 4) is 0 Å². The average molecular weight is 455 g/mol. The van der Waals surface area contributed by atoms with Crippen molar-refractivity contribution < 1.29 is 9.53 Å². The molecular formula is C25H31ClN4O2. The van der Waals surface area contributed by atoms with E-state index >= 15 is 0 Å². The SMILES string of the molecule is CCCC(C(=O)NN1CCOCC1)n1c(Cc2ccccc2Cl)nc2cc(C)c(C)cc21. The van der Waals surface area contributed by atoms with Crippen molar-refractivity contribution in [3.63, 3.8) is 0 Å². The number of morpholine rings is 1. The zero-order chi connectivity index (χ0) is 22.7. The minimum Gasteiger partial charge on any atom is -0.379 e. The van der Waals surface area contributed by atoms with Crippen LogP contribution in [0.1, 0.15) is 48.3 Å². The summed E-state index contributed by atoms with van der Waals surface area (Å²) in [5.74, 6) is 0.848. The predicted octanol–water partition coefficient (Wildman–Crippen LogP) is 4.60. The van der Waals surface area contributed by atoms with Gasteiger partial charge in [0.2, 0.25) is 0 Å². The molecule has 1 aliphatic rings. The van der Waals surface area contributed by atoms with E-state index in [-0.39, 0.29) is 11.9 Å². The number of imidazole rings is 1. The number of aromatic nitrogens is 2. The molecule has 1 unspecified atom stereocenters. The third-order valence-corrected chi connectivity index (χ3v) is 6.51. The maximum Gasteiger partial charge on any atom is 0.257 e. The minimum absolute atomic E-state index is 0.00770. The number of ether oxygens (including phenoxy) is 1. The Hall–Kier alpha value is -2.41. The van der Waals surface area contributed by atoms with E-state index in [9.17, 15) is 4.79 Å². The van der Waals surface area contributed by atoms with Crippen molar-refractivity contribution >= 4 is 28.5 Å². The van der Waals surface area contributed by atoms with E-state index in [2.05, 4.69) is 42.9 Å². The lowest BCUT2D eigenvalue weighted by Crippen LogP contribution is -2.50. The number of hydrazine groups is 1. The zero-order valence-electron chi connectivity index (χ0n) is 19.0. The average Bonchev–Trinajstić information content (AvgIpc) is 3.11. The summed E-state index contributed by atoms with van der Waals surface area (Å²) >= 11 is 6.47. The first-order chi connectivity index (χ1) is 15.5. The Morgan fingerprint density at radius 1 is 1.19 bits per heavy atom. The number of rotatable bonds is 7. The van der Waals surface area contributed by atoms with Gasteiger partial charge < -0.3 is 9.30 Å². The molecule has 0 spiro atoms. The number of fused-ring (bicyclic) bond motifs is 1. The molecule has 1 saturated heterocycles. The number of carbonyl (C=O) groups excluding carboxylic acids is 1. The fourth-order valence-corrected chi connectivity index (χ4v) is 4.44. The van der Waals surface area contributed by atoms with Crippen LogP contribution in [0.2, 0.25) is 5.02 Å². The molecule has 1 N–H and O–H groups in total. The lowest BCUT2D eigenvalue weighted by molar-refractivity contribution is -0.131. The highest BCUT2D eigenvalue weighted by Gasteiger charge is 2.27. The zero-order valence-corrected chi connectivity index (χ0v) is 19.8. The van der Waals surface area contributed by atoms with Crippen molar-refractivity contribution in [1.29, 1.82) is 0 Å². The van der Waals surface area contributed by atoms with Crippen LogP contribution in [-0.4, -0.2) is 46.8 Å². The summed E-state index contributed by atoms with van der Waals surface area (Å²) in [6, 6.07) is 11.7. The van der Waals surface area contributed by atoms with Crippen LogP contribution in [-0.2, 0) is 16.0 Å². The Morgan fingerprint density at radius 2 is 1.91 bits per heavy atom. The van der Waals surface area contributed by atoms with E-state index in [0.717, 1.165) is 35.3 Å². The maximum absolute atomic E-state index is 13.5. The highest BCUT2D eigenvalue weighted by molar-refractivity contribution is 6.31. The van der Waals surface area contributed by atoms with Gasteiger partial charge in [-0.3, -0.25) is 10.2 Å². The van der Waals surface area contributed by atoms with Gasteiger partial charge in [-0.2, -0.15) is 0 Å². The van der Waals surface area contributed by atoms with E-state index < -0.39 is 0 Å². The molecule has 2 aromatic carbocycles. The first-order valence-electron chi connectivity index (χ1n) is 11.3. The van der Waals surface area contributed by atoms with Crippen LogP contribution in [0, 0.1) is 13.8 Å². The van der Waals surface area contributed by atoms with Gasteiger partial charge in [0.15, 0.2) is 0 Å². The quantitative estimate of drug-likeness (QED) is 0.566. The molecule has 1 aliphatic heterocycles. The lowest BCUT2D eigenvalue weighted by atomic mass is 10.1. The summed E-state index contributed by atoms with van der Waals surface area (Å²) in [5.41, 5.74) is 8.41. The second-order valence-corrected chi connectivity index (χ2v) is 8.88. The molecule has 4 rings (SSSR count). The van der Waals surface area contributed by atoms with Gasteiger partial charge in [0.1, 0.15) is 11.9 Å². The molecule has 0 radical (unpaired) electrons. The molecule has 2 heterocycles. The van der Waals surface area contributed by atoms with E-state index in [1.807, 2.05) is 29.3 Å². The van der Waals surface area contributed by atoms with Crippen LogP contribution in [0.5, 0.6) is 0 Å². The number of amides is 1. The van der Waals surface area contributed by atoms with Gasteiger partial charge in [-0.05, 0) is 55.2 Å². The molecule has 1 aromatic heterocycles. The van der Waals surface area contributed by atoms with Crippen molar-refractivity contribution in [2.24, 2.45) is 0 Å². The van der Waals surface area contributed by atoms with Gasteiger partial charge in [-0.25, -0.2) is 9.99 Å². The van der Waals surface area contributed by atoms with Crippen LogP contribution >= 0.6 is 11.6 Å². The highest BCUT2D eigenvalue weighted by Crippen LogP contribution is 2.29. The van der Waals surface area contributed by atoms with Crippen molar-refractivity contribution in [1.82, 2.24) is 20.0 Å². The van der Waals surface area contributed by atoms with Crippen LogP contribution < -0.4 is 5.43 Å². The van der Waals surface area contributed by atoms with Crippen LogP contribution in [0.3, 0.4) is 0 Å². The number of nitrogens with one attached hydrogen (secondary N) is 1. The monoisotopic (exact) mass is 454 g/mol. The summed E-state index contributed by atoms with van der Waals surface area (Å²) < 4.78 is 7.55. The van der Waals surface area contributed by atoms with E-state index in [4.69, 9.17) is 21.3 Å². The number of halogens is 1. The number of hydrogen-bond donors (Lipinski definition) is 1. The van der Waals surface area contributed by atoms with Gasteiger partial charge in [0, 0.05) is 24.5 Å². The van der Waals surface area contributed by atoms with Crippen LogP contribution in [0.15, 0.2) is 36.4 Å². The highest BCUT2D eigenvalue weighted by atomic mass is 35.5. The summed E-state index contributed by atoms with van der Waals surface area (Å²) in [6.45, 7) is 8.95. The molecule has 0 saturated carbocycles. The summed E-state index contributed by atoms with van der Waals surface area (Å²) in [5, 5.41) is 2.67. The predicted molar refractivity (Wildman–Crippen MR) is 128 cm³/mol. The Bertz CT molecular complexity index is 1100. The normalized spacial score (nSPS) is 15.8. The molecule has 0 bridgehead atoms. The molecule has 170 valence electrons. The summed E-state index contributed by atoms with van der Waals surface area (Å²) in [4.78, 5) is 18.5. The lowest BCUT2D eigenvalue weighted by Gasteiger charge is -2.30. The molecule has 1 amide bonds. The van der Waals surface area contributed by atoms with Crippen molar-refractivity contribution in [2.45, 2.75) is 46.1 Å². The molecule has 32 heavy (non-hydrogen) atoms. The van der Waals surface area contributed by atoms with Crippen molar-refractivity contribution in [3.05, 3.63) is 63.9 Å². The van der Waals surface area contributed by atoms with Gasteiger partial charge in [0.25, 0.3) is 5.91 Å². The fourth-order valence-electron chi connectivity index (χ4n) is 4.24. The molecule has 6 nitrogen and oxygen atoms in total. The van der Waals surface area contributed by atoms with E-state index in [0.29, 0.717) is 37.7 Å². The summed E-state index contributed by atoms with van der Waals surface area (Å²) in [6.07, 6.45) is 2.18. The summed E-state index contributed by atoms with van der Waals surface area (Å²) in [7, 11) is 0. The molecule has 1 fully saturated rings. The van der Waals surface area contributed by atoms with Crippen LogP contribution in [0.25, 0.3) is 11.0 Å². The fraction of sp³-hybridized carbons (Fsp3) is 0.440. The van der Waals surface area contributed by atoms with Gasteiger partial charge in [0.05, 0.1) is 24.2 Å². The second-order valence-electron chi connectivity index (χ2n) is 8.47. The van der Waals surface area contributed by atoms with Gasteiger partial charge in [-0.1, -0.05) is 43.1 Å². The number of nitrogens with zero attached hydrogens (tertiary/aromatic N) is 3. The second kappa shape index (κ2) is 10.0. The largest absolute Gasteiger partial charge is 0.379 e. The third kappa shape index (κ3) is 4.82. The van der Waals surface area contributed by atoms with Gasteiger partial charge >= 0.3 is 0 Å². The molecular weight excluding hydrogens is 424 g/mol. The van der Waals surface area contributed by atoms with Gasteiger partial charge in [-0.15, -0.1) is 0 Å². The number of carbonyl (C=O) groups is 1. The molecule has 0 aliphatic carbocycles. The van der Waals surface area contributed by atoms with Crippen LogP contribution in [0.4, 0.5) is 0 Å². The van der Waals surface area contributed by atoms with Crippen molar-refractivity contribution in [2.75, 3.05) is 26.3 Å². The third-order valence-electron chi connectivity index (χ3n) is 6.14. The Morgan fingerprint density at radius 3 is 2.62 bits per heavy atom. The first kappa shape index (κ1) is 22.8. The Labute approximate surface area is 194 Å². The minimum atomic E-state index is -0.354. The Balaban J connectivity index is 1.78. The topological polar surface area (TPSA) is 59.4 Å².